The molecule has 0 aliphatic rings. The maximum atomic E-state index is 12.2. The average molecular weight is 312 g/mol. The molecule has 0 atom stereocenters. The number of aromatic nitrogens is 1. The lowest BCUT2D eigenvalue weighted by Crippen LogP contribution is -2.26. The van der Waals surface area contributed by atoms with Gasteiger partial charge in [0.2, 0.25) is 0 Å². The zero-order valence-corrected chi connectivity index (χ0v) is 15.2. The van der Waals surface area contributed by atoms with Gasteiger partial charge < -0.3 is 9.88 Å². The number of nitrogens with one attached hydrogen (secondary N) is 1. The Kier molecular flexibility index (Phi) is 4.98. The maximum Gasteiger partial charge on any atom is 0.251 e. The van der Waals surface area contributed by atoms with Gasteiger partial charge in [-0.25, -0.2) is 0 Å². The summed E-state index contributed by atoms with van der Waals surface area (Å²) in [5.41, 5.74) is 5.89. The molecule has 3 heteroatoms. The number of aryl methyl sites for hydroxylation is 1. The summed E-state index contributed by atoms with van der Waals surface area (Å²) in [5, 5.41) is 3.01. The van der Waals surface area contributed by atoms with E-state index in [-0.39, 0.29) is 11.3 Å². The van der Waals surface area contributed by atoms with E-state index in [1.54, 1.807) is 0 Å². The molecule has 1 amide bonds. The third-order valence-corrected chi connectivity index (χ3v) is 4.57. The quantitative estimate of drug-likeness (QED) is 0.912. The summed E-state index contributed by atoms with van der Waals surface area (Å²) in [6, 6.07) is 10.1. The van der Waals surface area contributed by atoms with Crippen molar-refractivity contribution in [3.63, 3.8) is 0 Å². The highest BCUT2D eigenvalue weighted by Gasteiger charge is 2.14. The van der Waals surface area contributed by atoms with Crippen LogP contribution in [-0.4, -0.2) is 17.0 Å². The smallest absolute Gasteiger partial charge is 0.251 e. The Morgan fingerprint density at radius 1 is 1.13 bits per heavy atom. The molecule has 1 aromatic heterocycles. The highest BCUT2D eigenvalue weighted by Crippen LogP contribution is 2.22. The molecule has 124 valence electrons. The lowest BCUT2D eigenvalue weighted by Gasteiger charge is -2.19. The zero-order valence-electron chi connectivity index (χ0n) is 15.2. The summed E-state index contributed by atoms with van der Waals surface area (Å²) in [4.78, 5) is 12.2. The monoisotopic (exact) mass is 312 g/mol. The van der Waals surface area contributed by atoms with Crippen molar-refractivity contribution < 1.29 is 4.79 Å². The summed E-state index contributed by atoms with van der Waals surface area (Å²) in [6.07, 6.45) is 0.860. The third kappa shape index (κ3) is 4.04. The fourth-order valence-corrected chi connectivity index (χ4v) is 2.72. The lowest BCUT2D eigenvalue weighted by molar-refractivity contribution is 0.0954. The molecule has 0 aliphatic heterocycles. The molecule has 1 aromatic carbocycles. The van der Waals surface area contributed by atoms with Crippen LogP contribution in [-0.2, 0) is 18.9 Å². The molecule has 23 heavy (non-hydrogen) atoms. The minimum atomic E-state index is -0.00392. The number of hydrogen-bond donors (Lipinski definition) is 1. The van der Waals surface area contributed by atoms with Gasteiger partial charge in [0.15, 0.2) is 0 Å². The average Bonchev–Trinajstić information content (AvgIpc) is 2.74. The molecule has 0 bridgehead atoms. The number of amides is 1. The van der Waals surface area contributed by atoms with E-state index in [1.807, 2.05) is 24.3 Å². The number of carbonyl (C=O) groups excluding carboxylic acids is 1. The largest absolute Gasteiger partial charge is 0.352 e. The van der Waals surface area contributed by atoms with E-state index in [0.717, 1.165) is 12.0 Å². The van der Waals surface area contributed by atoms with Crippen molar-refractivity contribution in [1.29, 1.82) is 0 Å². The molecule has 1 N–H and O–H groups in total. The predicted molar refractivity (Wildman–Crippen MR) is 96.1 cm³/mol. The first-order valence-electron chi connectivity index (χ1n) is 8.20. The van der Waals surface area contributed by atoms with Gasteiger partial charge in [-0.3, -0.25) is 4.79 Å². The van der Waals surface area contributed by atoms with E-state index >= 15 is 0 Å². The molecular formula is C20H28N2O. The minimum absolute atomic E-state index is 0.00392. The fraction of sp³-hybridized carbons (Fsp3) is 0.450. The highest BCUT2D eigenvalue weighted by atomic mass is 16.1. The van der Waals surface area contributed by atoms with Gasteiger partial charge in [0, 0.05) is 30.5 Å². The summed E-state index contributed by atoms with van der Waals surface area (Å²) in [6.45, 7) is 11.4. The Morgan fingerprint density at radius 2 is 1.74 bits per heavy atom. The molecular weight excluding hydrogens is 284 g/mol. The molecule has 0 fully saturated rings. The van der Waals surface area contributed by atoms with Gasteiger partial charge in [-0.15, -0.1) is 0 Å². The summed E-state index contributed by atoms with van der Waals surface area (Å²) >= 11 is 0. The molecule has 2 aromatic rings. The van der Waals surface area contributed by atoms with Gasteiger partial charge in [0.05, 0.1) is 0 Å². The Labute approximate surface area is 139 Å². The van der Waals surface area contributed by atoms with E-state index in [1.165, 1.54) is 22.5 Å². The van der Waals surface area contributed by atoms with Crippen LogP contribution in [0.25, 0.3) is 0 Å². The Bertz CT molecular complexity index is 688. The van der Waals surface area contributed by atoms with Crippen LogP contribution in [0, 0.1) is 13.8 Å². The molecule has 0 saturated heterocycles. The Hall–Kier alpha value is -2.03. The van der Waals surface area contributed by atoms with Crippen LogP contribution in [0.5, 0.6) is 0 Å². The molecule has 0 radical (unpaired) electrons. The first-order valence-corrected chi connectivity index (χ1v) is 8.20. The van der Waals surface area contributed by atoms with Gasteiger partial charge in [0.25, 0.3) is 5.91 Å². The van der Waals surface area contributed by atoms with Crippen molar-refractivity contribution in [1.82, 2.24) is 9.88 Å². The van der Waals surface area contributed by atoms with Crippen molar-refractivity contribution in [2.24, 2.45) is 7.05 Å². The molecule has 3 nitrogen and oxygen atoms in total. The second kappa shape index (κ2) is 6.61. The van der Waals surface area contributed by atoms with Crippen LogP contribution in [0.3, 0.4) is 0 Å². The minimum Gasteiger partial charge on any atom is -0.352 e. The maximum absolute atomic E-state index is 12.2. The Morgan fingerprint density at radius 3 is 2.22 bits per heavy atom. The van der Waals surface area contributed by atoms with Crippen LogP contribution in [0.4, 0.5) is 0 Å². The van der Waals surface area contributed by atoms with Gasteiger partial charge in [0.1, 0.15) is 0 Å². The highest BCUT2D eigenvalue weighted by molar-refractivity contribution is 5.94. The van der Waals surface area contributed by atoms with E-state index in [0.29, 0.717) is 6.54 Å². The van der Waals surface area contributed by atoms with E-state index in [9.17, 15) is 4.79 Å². The van der Waals surface area contributed by atoms with Gasteiger partial charge in [-0.05, 0) is 55.0 Å². The fourth-order valence-electron chi connectivity index (χ4n) is 2.72. The van der Waals surface area contributed by atoms with Crippen molar-refractivity contribution >= 4 is 5.91 Å². The third-order valence-electron chi connectivity index (χ3n) is 4.57. The predicted octanol–water partition coefficient (Wildman–Crippen LogP) is 3.91. The second-order valence-corrected chi connectivity index (χ2v) is 7.29. The topological polar surface area (TPSA) is 34.0 Å². The number of nitrogens with zero attached hydrogens (tertiary/aromatic N) is 1. The number of carbonyl (C=O) groups is 1. The number of hydrogen-bond acceptors (Lipinski definition) is 1. The van der Waals surface area contributed by atoms with Crippen LogP contribution < -0.4 is 5.32 Å². The van der Waals surface area contributed by atoms with Gasteiger partial charge >= 0.3 is 0 Å². The van der Waals surface area contributed by atoms with Crippen LogP contribution >= 0.6 is 0 Å². The van der Waals surface area contributed by atoms with E-state index in [4.69, 9.17) is 0 Å². The molecule has 0 unspecified atom stereocenters. The summed E-state index contributed by atoms with van der Waals surface area (Å²) < 4.78 is 2.18. The summed E-state index contributed by atoms with van der Waals surface area (Å²) in [5.74, 6) is -0.00392. The lowest BCUT2D eigenvalue weighted by atomic mass is 9.87. The van der Waals surface area contributed by atoms with Crippen molar-refractivity contribution in [2.45, 2.75) is 46.5 Å². The number of benzene rings is 1. The molecule has 1 heterocycles. The van der Waals surface area contributed by atoms with Crippen LogP contribution in [0.15, 0.2) is 30.3 Å². The zero-order chi connectivity index (χ0) is 17.2. The normalized spacial score (nSPS) is 11.6. The Balaban J connectivity index is 1.93. The van der Waals surface area contributed by atoms with Crippen LogP contribution in [0.1, 0.15) is 53.6 Å². The van der Waals surface area contributed by atoms with Crippen molar-refractivity contribution in [2.75, 3.05) is 6.54 Å². The van der Waals surface area contributed by atoms with Crippen LogP contribution in [0.2, 0.25) is 0 Å². The SMILES string of the molecule is Cc1cc(CCNC(=O)c2ccc(C(C)(C)C)cc2)c(C)n1C. The molecule has 2 rings (SSSR count). The standard InChI is InChI=1S/C20H28N2O/c1-14-13-17(15(2)22(14)6)11-12-21-19(23)16-7-9-18(10-8-16)20(3,4)5/h7-10,13H,11-12H2,1-6H3,(H,21,23). The molecule has 0 spiro atoms. The molecule has 0 saturated carbocycles. The van der Waals surface area contributed by atoms with Gasteiger partial charge in [-0.2, -0.15) is 0 Å². The molecule has 0 aliphatic carbocycles. The second-order valence-electron chi connectivity index (χ2n) is 7.29. The number of rotatable bonds is 4. The first kappa shape index (κ1) is 17.3. The van der Waals surface area contributed by atoms with Crippen molar-refractivity contribution in [3.05, 3.63) is 58.4 Å². The van der Waals surface area contributed by atoms with E-state index in [2.05, 4.69) is 57.6 Å². The van der Waals surface area contributed by atoms with E-state index < -0.39 is 0 Å². The van der Waals surface area contributed by atoms with Gasteiger partial charge in [-0.1, -0.05) is 32.9 Å². The summed E-state index contributed by atoms with van der Waals surface area (Å²) in [7, 11) is 2.07. The van der Waals surface area contributed by atoms with Crippen molar-refractivity contribution in [3.8, 4) is 0 Å². The first-order chi connectivity index (χ1) is 10.7.